The molecule has 0 radical (unpaired) electrons. The van der Waals surface area contributed by atoms with Gasteiger partial charge in [0.2, 0.25) is 15.9 Å². The summed E-state index contributed by atoms with van der Waals surface area (Å²) in [5, 5.41) is 3.54. The highest BCUT2D eigenvalue weighted by Gasteiger charge is 2.40. The Morgan fingerprint density at radius 1 is 1.26 bits per heavy atom. The monoisotopic (exact) mass is 356 g/mol. The van der Waals surface area contributed by atoms with Crippen LogP contribution >= 0.6 is 11.6 Å². The molecule has 1 N–H and O–H groups in total. The third-order valence-corrected chi connectivity index (χ3v) is 6.28. The number of fused-ring (bicyclic) bond motifs is 2. The Balaban J connectivity index is 1.69. The zero-order valence-electron chi connectivity index (χ0n) is 13.0. The fourth-order valence-electron chi connectivity index (χ4n) is 3.81. The van der Waals surface area contributed by atoms with Crippen molar-refractivity contribution >= 4 is 33.2 Å². The number of carbonyl (C=O) groups is 1. The summed E-state index contributed by atoms with van der Waals surface area (Å²) in [7, 11) is -3.54. The van der Waals surface area contributed by atoms with E-state index in [0.717, 1.165) is 22.9 Å². The van der Waals surface area contributed by atoms with Crippen LogP contribution in [0.4, 0.5) is 5.69 Å². The molecular weight excluding hydrogens is 336 g/mol. The number of nitrogens with one attached hydrogen (secondary N) is 1. The van der Waals surface area contributed by atoms with Crippen molar-refractivity contribution in [3.05, 3.63) is 29.3 Å². The number of amides is 1. The Morgan fingerprint density at radius 3 is 2.48 bits per heavy atom. The Morgan fingerprint density at radius 2 is 1.96 bits per heavy atom. The lowest BCUT2D eigenvalue weighted by atomic mass is 9.95. The van der Waals surface area contributed by atoms with Crippen molar-refractivity contribution in [2.75, 3.05) is 17.1 Å². The summed E-state index contributed by atoms with van der Waals surface area (Å²) in [5.74, 6) is 1.04. The van der Waals surface area contributed by atoms with Gasteiger partial charge < -0.3 is 5.32 Å². The zero-order chi connectivity index (χ0) is 16.6. The standard InChI is InChI=1S/C16H21ClN2O3S/c1-23(21,22)19(14-6-4-13(17)5-7-14)10-16(20)18-15-9-11-2-3-12(15)8-11/h4-7,11-12,15H,2-3,8-10H2,1H3,(H,18,20). The number of rotatable bonds is 5. The van der Waals surface area contributed by atoms with Crippen LogP contribution in [0.25, 0.3) is 0 Å². The molecule has 2 fully saturated rings. The van der Waals surface area contributed by atoms with Gasteiger partial charge in [-0.25, -0.2) is 8.42 Å². The average Bonchev–Trinajstić information content (AvgIpc) is 3.07. The Bertz CT molecular complexity index is 690. The summed E-state index contributed by atoms with van der Waals surface area (Å²) in [4.78, 5) is 12.3. The van der Waals surface area contributed by atoms with Gasteiger partial charge in [0, 0.05) is 11.1 Å². The normalized spacial score (nSPS) is 26.3. The van der Waals surface area contributed by atoms with E-state index in [1.54, 1.807) is 24.3 Å². The van der Waals surface area contributed by atoms with Crippen LogP contribution in [0.5, 0.6) is 0 Å². The van der Waals surface area contributed by atoms with Gasteiger partial charge in [0.05, 0.1) is 11.9 Å². The molecule has 2 saturated carbocycles. The van der Waals surface area contributed by atoms with E-state index in [9.17, 15) is 13.2 Å². The molecule has 5 nitrogen and oxygen atoms in total. The lowest BCUT2D eigenvalue weighted by molar-refractivity contribution is -0.120. The second-order valence-electron chi connectivity index (χ2n) is 6.59. The molecule has 2 bridgehead atoms. The van der Waals surface area contributed by atoms with E-state index >= 15 is 0 Å². The summed E-state index contributed by atoms with van der Waals surface area (Å²) in [6.07, 6.45) is 5.75. The molecular formula is C16H21ClN2O3S. The molecule has 0 aliphatic heterocycles. The van der Waals surface area contributed by atoms with Gasteiger partial charge in [0.1, 0.15) is 6.54 Å². The quantitative estimate of drug-likeness (QED) is 0.881. The molecule has 2 aliphatic carbocycles. The van der Waals surface area contributed by atoms with Crippen molar-refractivity contribution in [3.8, 4) is 0 Å². The van der Waals surface area contributed by atoms with Gasteiger partial charge in [-0.15, -0.1) is 0 Å². The number of hydrogen-bond acceptors (Lipinski definition) is 3. The fraction of sp³-hybridized carbons (Fsp3) is 0.562. The summed E-state index contributed by atoms with van der Waals surface area (Å²) in [6.45, 7) is -0.200. The minimum Gasteiger partial charge on any atom is -0.352 e. The third kappa shape index (κ3) is 3.80. The molecule has 126 valence electrons. The maximum atomic E-state index is 12.3. The van der Waals surface area contributed by atoms with E-state index < -0.39 is 10.0 Å². The number of sulfonamides is 1. The Hall–Kier alpha value is -1.27. The number of benzene rings is 1. The van der Waals surface area contributed by atoms with E-state index in [1.807, 2.05) is 0 Å². The van der Waals surface area contributed by atoms with Crippen molar-refractivity contribution in [2.45, 2.75) is 31.7 Å². The topological polar surface area (TPSA) is 66.5 Å². The molecule has 23 heavy (non-hydrogen) atoms. The maximum Gasteiger partial charge on any atom is 0.241 e. The van der Waals surface area contributed by atoms with Crippen LogP contribution in [0.3, 0.4) is 0 Å². The van der Waals surface area contributed by atoms with Crippen molar-refractivity contribution < 1.29 is 13.2 Å². The van der Waals surface area contributed by atoms with Gasteiger partial charge in [-0.05, 0) is 55.4 Å². The first-order valence-electron chi connectivity index (χ1n) is 7.85. The first-order chi connectivity index (χ1) is 10.8. The van der Waals surface area contributed by atoms with Crippen LogP contribution < -0.4 is 9.62 Å². The first-order valence-corrected chi connectivity index (χ1v) is 10.1. The molecule has 0 spiro atoms. The van der Waals surface area contributed by atoms with Crippen molar-refractivity contribution in [1.82, 2.24) is 5.32 Å². The zero-order valence-corrected chi connectivity index (χ0v) is 14.6. The predicted octanol–water partition coefficient (Wildman–Crippen LogP) is 2.41. The average molecular weight is 357 g/mol. The van der Waals surface area contributed by atoms with Gasteiger partial charge in [-0.2, -0.15) is 0 Å². The van der Waals surface area contributed by atoms with Gasteiger partial charge in [-0.3, -0.25) is 9.10 Å². The number of halogens is 1. The number of carbonyl (C=O) groups excluding carboxylic acids is 1. The van der Waals surface area contributed by atoms with Gasteiger partial charge in [-0.1, -0.05) is 18.0 Å². The minimum absolute atomic E-state index is 0.200. The SMILES string of the molecule is CS(=O)(=O)N(CC(=O)NC1CC2CCC1C2)c1ccc(Cl)cc1. The van der Waals surface area contributed by atoms with Gasteiger partial charge in [0.15, 0.2) is 0 Å². The molecule has 7 heteroatoms. The molecule has 1 amide bonds. The molecule has 1 aromatic carbocycles. The Kier molecular flexibility index (Phi) is 4.56. The highest BCUT2D eigenvalue weighted by atomic mass is 35.5. The minimum atomic E-state index is -3.54. The lowest BCUT2D eigenvalue weighted by Gasteiger charge is -2.26. The first kappa shape index (κ1) is 16.6. The van der Waals surface area contributed by atoms with E-state index in [0.29, 0.717) is 16.6 Å². The van der Waals surface area contributed by atoms with E-state index in [2.05, 4.69) is 5.32 Å². The smallest absolute Gasteiger partial charge is 0.241 e. The van der Waals surface area contributed by atoms with Gasteiger partial charge >= 0.3 is 0 Å². The second-order valence-corrected chi connectivity index (χ2v) is 8.94. The molecule has 1 aromatic rings. The molecule has 3 atom stereocenters. The van der Waals surface area contributed by atoms with Crippen LogP contribution in [0.1, 0.15) is 25.7 Å². The Labute approximate surface area is 142 Å². The van der Waals surface area contributed by atoms with Crippen LogP contribution in [0.15, 0.2) is 24.3 Å². The summed E-state index contributed by atoms with van der Waals surface area (Å²) < 4.78 is 25.2. The second kappa shape index (κ2) is 6.32. The molecule has 0 aromatic heterocycles. The van der Waals surface area contributed by atoms with E-state index in [1.165, 1.54) is 19.3 Å². The maximum absolute atomic E-state index is 12.3. The fourth-order valence-corrected chi connectivity index (χ4v) is 4.79. The molecule has 0 saturated heterocycles. The van der Waals surface area contributed by atoms with Crippen molar-refractivity contribution in [1.29, 1.82) is 0 Å². The molecule has 2 aliphatic rings. The van der Waals surface area contributed by atoms with E-state index in [4.69, 9.17) is 11.6 Å². The highest BCUT2D eigenvalue weighted by molar-refractivity contribution is 7.92. The van der Waals surface area contributed by atoms with Crippen LogP contribution in [-0.4, -0.2) is 33.2 Å². The van der Waals surface area contributed by atoms with Crippen LogP contribution in [-0.2, 0) is 14.8 Å². The molecule has 0 heterocycles. The summed E-state index contributed by atoms with van der Waals surface area (Å²) in [5.41, 5.74) is 0.444. The van der Waals surface area contributed by atoms with E-state index in [-0.39, 0.29) is 18.5 Å². The third-order valence-electron chi connectivity index (χ3n) is 4.89. The van der Waals surface area contributed by atoms with Crippen molar-refractivity contribution in [3.63, 3.8) is 0 Å². The van der Waals surface area contributed by atoms with Crippen molar-refractivity contribution in [2.24, 2.45) is 11.8 Å². The van der Waals surface area contributed by atoms with Crippen LogP contribution in [0.2, 0.25) is 5.02 Å². The summed E-state index contributed by atoms with van der Waals surface area (Å²) in [6, 6.07) is 6.64. The number of anilines is 1. The largest absolute Gasteiger partial charge is 0.352 e. The molecule has 3 unspecified atom stereocenters. The molecule has 3 rings (SSSR count). The number of nitrogens with zero attached hydrogens (tertiary/aromatic N) is 1. The van der Waals surface area contributed by atoms with Crippen LogP contribution in [0, 0.1) is 11.8 Å². The predicted molar refractivity (Wildman–Crippen MR) is 91.0 cm³/mol. The highest BCUT2D eigenvalue weighted by Crippen LogP contribution is 2.44. The van der Waals surface area contributed by atoms with Gasteiger partial charge in [0.25, 0.3) is 0 Å². The number of hydrogen-bond donors (Lipinski definition) is 1. The summed E-state index contributed by atoms with van der Waals surface area (Å²) >= 11 is 5.84. The lowest BCUT2D eigenvalue weighted by Crippen LogP contribution is -2.45.